The van der Waals surface area contributed by atoms with Gasteiger partial charge < -0.3 is 4.90 Å². The Morgan fingerprint density at radius 1 is 1.42 bits per heavy atom. The number of hydrogen-bond acceptors (Lipinski definition) is 3. The SMILES string of the molecule is CN(C(=O)c1ccc(F)c([N+](=O)[O-])c1)C1CCCC1. The summed E-state index contributed by atoms with van der Waals surface area (Å²) >= 11 is 0. The van der Waals surface area contributed by atoms with E-state index in [9.17, 15) is 19.3 Å². The molecule has 19 heavy (non-hydrogen) atoms. The summed E-state index contributed by atoms with van der Waals surface area (Å²) in [5.74, 6) is -1.22. The number of amides is 1. The highest BCUT2D eigenvalue weighted by atomic mass is 19.1. The summed E-state index contributed by atoms with van der Waals surface area (Å²) in [6.07, 6.45) is 4.08. The molecule has 5 nitrogen and oxygen atoms in total. The zero-order valence-corrected chi connectivity index (χ0v) is 10.6. The van der Waals surface area contributed by atoms with E-state index in [0.717, 1.165) is 37.8 Å². The molecule has 1 saturated carbocycles. The first-order valence-corrected chi connectivity index (χ1v) is 6.22. The topological polar surface area (TPSA) is 63.5 Å². The second-order valence-corrected chi connectivity index (χ2v) is 4.78. The van der Waals surface area contributed by atoms with Gasteiger partial charge in [0.05, 0.1) is 4.92 Å². The molecule has 0 N–H and O–H groups in total. The van der Waals surface area contributed by atoms with E-state index in [1.54, 1.807) is 11.9 Å². The van der Waals surface area contributed by atoms with Crippen LogP contribution in [0.3, 0.4) is 0 Å². The predicted octanol–water partition coefficient (Wildman–Crippen LogP) is 2.75. The quantitative estimate of drug-likeness (QED) is 0.624. The van der Waals surface area contributed by atoms with Crippen molar-refractivity contribution < 1.29 is 14.1 Å². The van der Waals surface area contributed by atoms with E-state index in [4.69, 9.17) is 0 Å². The smallest absolute Gasteiger partial charge is 0.305 e. The summed E-state index contributed by atoms with van der Waals surface area (Å²) in [7, 11) is 1.69. The lowest BCUT2D eigenvalue weighted by Crippen LogP contribution is -2.35. The standard InChI is InChI=1S/C13H15FN2O3/c1-15(10-4-2-3-5-10)13(17)9-6-7-11(14)12(8-9)16(18)19/h6-8,10H,2-5H2,1H3. The van der Waals surface area contributed by atoms with Crippen LogP contribution in [0.4, 0.5) is 10.1 Å². The number of nitro groups is 1. The number of halogens is 1. The first-order chi connectivity index (χ1) is 9.00. The van der Waals surface area contributed by atoms with E-state index in [0.29, 0.717) is 0 Å². The molecule has 6 heteroatoms. The molecule has 2 rings (SSSR count). The van der Waals surface area contributed by atoms with Crippen LogP contribution in [0.25, 0.3) is 0 Å². The fraction of sp³-hybridized carbons (Fsp3) is 0.462. The van der Waals surface area contributed by atoms with Crippen molar-refractivity contribution in [2.45, 2.75) is 31.7 Å². The molecule has 102 valence electrons. The van der Waals surface area contributed by atoms with Crippen LogP contribution in [0.2, 0.25) is 0 Å². The molecule has 0 aromatic heterocycles. The van der Waals surface area contributed by atoms with Gasteiger partial charge >= 0.3 is 5.69 Å². The average Bonchev–Trinajstić information content (AvgIpc) is 2.91. The highest BCUT2D eigenvalue weighted by Crippen LogP contribution is 2.25. The number of nitro benzene ring substituents is 1. The molecule has 0 heterocycles. The molecule has 1 amide bonds. The van der Waals surface area contributed by atoms with E-state index >= 15 is 0 Å². The largest absolute Gasteiger partial charge is 0.339 e. The van der Waals surface area contributed by atoms with Crippen LogP contribution in [0.5, 0.6) is 0 Å². The van der Waals surface area contributed by atoms with Gasteiger partial charge in [0.1, 0.15) is 0 Å². The van der Waals surface area contributed by atoms with Gasteiger partial charge in [-0.2, -0.15) is 4.39 Å². The number of nitrogens with zero attached hydrogens (tertiary/aromatic N) is 2. The first-order valence-electron chi connectivity index (χ1n) is 6.22. The second-order valence-electron chi connectivity index (χ2n) is 4.78. The number of hydrogen-bond donors (Lipinski definition) is 0. The summed E-state index contributed by atoms with van der Waals surface area (Å²) in [6.45, 7) is 0. The van der Waals surface area contributed by atoms with Gasteiger partial charge in [-0.1, -0.05) is 12.8 Å². The van der Waals surface area contributed by atoms with E-state index in [-0.39, 0.29) is 17.5 Å². The summed E-state index contributed by atoms with van der Waals surface area (Å²) in [6, 6.07) is 3.43. The van der Waals surface area contributed by atoms with Gasteiger partial charge in [0.25, 0.3) is 5.91 Å². The lowest BCUT2D eigenvalue weighted by atomic mass is 10.1. The maximum absolute atomic E-state index is 13.2. The Morgan fingerprint density at radius 3 is 2.63 bits per heavy atom. The zero-order valence-electron chi connectivity index (χ0n) is 10.6. The summed E-state index contributed by atoms with van der Waals surface area (Å²) in [5, 5.41) is 10.7. The van der Waals surface area contributed by atoms with Crippen LogP contribution in [0, 0.1) is 15.9 Å². The van der Waals surface area contributed by atoms with E-state index in [1.165, 1.54) is 6.07 Å². The summed E-state index contributed by atoms with van der Waals surface area (Å²) in [5.41, 5.74) is -0.506. The Hall–Kier alpha value is -1.98. The molecule has 1 fully saturated rings. The minimum Gasteiger partial charge on any atom is -0.339 e. The van der Waals surface area contributed by atoms with Crippen molar-refractivity contribution in [1.29, 1.82) is 0 Å². The van der Waals surface area contributed by atoms with Crippen LogP contribution in [-0.2, 0) is 0 Å². The lowest BCUT2D eigenvalue weighted by molar-refractivity contribution is -0.387. The third-order valence-corrected chi connectivity index (χ3v) is 3.58. The van der Waals surface area contributed by atoms with Crippen molar-refractivity contribution in [2.75, 3.05) is 7.05 Å². The highest BCUT2D eigenvalue weighted by Gasteiger charge is 2.26. The molecule has 0 spiro atoms. The van der Waals surface area contributed by atoms with E-state index < -0.39 is 16.4 Å². The zero-order chi connectivity index (χ0) is 14.0. The molecular formula is C13H15FN2O3. The number of rotatable bonds is 3. The number of benzene rings is 1. The van der Waals surface area contributed by atoms with Crippen molar-refractivity contribution >= 4 is 11.6 Å². The Morgan fingerprint density at radius 2 is 2.05 bits per heavy atom. The Balaban J connectivity index is 2.23. The summed E-state index contributed by atoms with van der Waals surface area (Å²) < 4.78 is 13.2. The van der Waals surface area contributed by atoms with Gasteiger partial charge in [-0.15, -0.1) is 0 Å². The van der Waals surface area contributed by atoms with Crippen molar-refractivity contribution in [2.24, 2.45) is 0 Å². The molecule has 1 aliphatic rings. The first kappa shape index (κ1) is 13.5. The molecule has 0 unspecified atom stereocenters. The predicted molar refractivity (Wildman–Crippen MR) is 67.4 cm³/mol. The van der Waals surface area contributed by atoms with Crippen molar-refractivity contribution in [1.82, 2.24) is 4.90 Å². The van der Waals surface area contributed by atoms with Crippen molar-refractivity contribution in [3.05, 3.63) is 39.7 Å². The molecule has 0 saturated heterocycles. The normalized spacial score (nSPS) is 15.5. The van der Waals surface area contributed by atoms with Gasteiger partial charge in [0.15, 0.2) is 0 Å². The van der Waals surface area contributed by atoms with Gasteiger partial charge in [0.2, 0.25) is 5.82 Å². The number of carbonyl (C=O) groups is 1. The Kier molecular flexibility index (Phi) is 3.78. The van der Waals surface area contributed by atoms with Gasteiger partial charge in [0, 0.05) is 24.7 Å². The minimum atomic E-state index is -0.926. The third-order valence-electron chi connectivity index (χ3n) is 3.58. The lowest BCUT2D eigenvalue weighted by Gasteiger charge is -2.24. The molecule has 0 aliphatic heterocycles. The molecule has 1 aromatic carbocycles. The fourth-order valence-corrected chi connectivity index (χ4v) is 2.45. The summed E-state index contributed by atoms with van der Waals surface area (Å²) in [4.78, 5) is 23.6. The van der Waals surface area contributed by atoms with Crippen LogP contribution in [-0.4, -0.2) is 28.8 Å². The molecular weight excluding hydrogens is 251 g/mol. The molecule has 1 aliphatic carbocycles. The monoisotopic (exact) mass is 266 g/mol. The van der Waals surface area contributed by atoms with Gasteiger partial charge in [-0.05, 0) is 25.0 Å². The maximum Gasteiger partial charge on any atom is 0.305 e. The third kappa shape index (κ3) is 2.72. The highest BCUT2D eigenvalue weighted by molar-refractivity contribution is 5.94. The molecule has 1 aromatic rings. The van der Waals surface area contributed by atoms with Crippen LogP contribution in [0.15, 0.2) is 18.2 Å². The molecule has 0 bridgehead atoms. The van der Waals surface area contributed by atoms with Crippen molar-refractivity contribution in [3.8, 4) is 0 Å². The minimum absolute atomic E-state index is 0.155. The molecule has 0 atom stereocenters. The van der Waals surface area contributed by atoms with Gasteiger partial charge in [-0.3, -0.25) is 14.9 Å². The van der Waals surface area contributed by atoms with Gasteiger partial charge in [-0.25, -0.2) is 0 Å². The maximum atomic E-state index is 13.2. The van der Waals surface area contributed by atoms with Crippen molar-refractivity contribution in [3.63, 3.8) is 0 Å². The van der Waals surface area contributed by atoms with Crippen LogP contribution >= 0.6 is 0 Å². The number of carbonyl (C=O) groups excluding carboxylic acids is 1. The van der Waals surface area contributed by atoms with E-state index in [2.05, 4.69) is 0 Å². The second kappa shape index (κ2) is 5.34. The fourth-order valence-electron chi connectivity index (χ4n) is 2.45. The Labute approximate surface area is 110 Å². The van der Waals surface area contributed by atoms with Crippen LogP contribution < -0.4 is 0 Å². The van der Waals surface area contributed by atoms with E-state index in [1.807, 2.05) is 0 Å². The average molecular weight is 266 g/mol. The molecule has 0 radical (unpaired) electrons. The Bertz CT molecular complexity index is 513. The van der Waals surface area contributed by atoms with Crippen LogP contribution in [0.1, 0.15) is 36.0 Å².